The number of likely N-dealkylation sites (tertiary alicyclic amines) is 1. The summed E-state index contributed by atoms with van der Waals surface area (Å²) in [5.41, 5.74) is 3.26. The summed E-state index contributed by atoms with van der Waals surface area (Å²) in [6.07, 6.45) is -1.49. The van der Waals surface area contributed by atoms with Crippen LogP contribution in [0.5, 0.6) is 11.6 Å². The van der Waals surface area contributed by atoms with Crippen LogP contribution in [-0.4, -0.2) is 104 Å². The Morgan fingerprint density at radius 2 is 1.59 bits per heavy atom. The number of carbonyl (C=O) groups excluding carboxylic acids is 4. The van der Waals surface area contributed by atoms with Crippen molar-refractivity contribution in [1.82, 2.24) is 45.6 Å². The van der Waals surface area contributed by atoms with E-state index >= 15 is 0 Å². The van der Waals surface area contributed by atoms with E-state index in [-0.39, 0.29) is 47.3 Å². The predicted octanol–water partition coefficient (Wildman–Crippen LogP) is 7.59. The summed E-state index contributed by atoms with van der Waals surface area (Å²) >= 11 is 1.59. The van der Waals surface area contributed by atoms with Gasteiger partial charge in [0.05, 0.1) is 22.7 Å². The number of hydrogen-bond donors (Lipinski definition) is 3. The maximum atomic E-state index is 14.3. The molecule has 5 aromatic rings. The summed E-state index contributed by atoms with van der Waals surface area (Å²) in [6, 6.07) is 15.8. The summed E-state index contributed by atoms with van der Waals surface area (Å²) in [5.74, 6) is -1.89. The number of thiazole rings is 1. The van der Waals surface area contributed by atoms with Gasteiger partial charge in [-0.15, -0.1) is 26.6 Å². The number of rotatable bonds is 18. The highest BCUT2D eigenvalue weighted by Gasteiger charge is 2.64. The van der Waals surface area contributed by atoms with Gasteiger partial charge in [0.15, 0.2) is 5.65 Å². The number of aryl methyl sites for hydroxylation is 1. The molecule has 3 aromatic heterocycles. The lowest BCUT2D eigenvalue weighted by Crippen LogP contribution is -2.74. The van der Waals surface area contributed by atoms with Crippen LogP contribution >= 0.6 is 11.3 Å². The molecule has 0 bridgehead atoms. The SMILES string of the molecule is Cc1ncsc1-c1ccc(CNC(=O)[C@@H]2CC3(CC3)CN2C(=O)[C@@H](NC(=O)COCCCCOc2ccc(C(=O)N[C@H]3C(C)(C)[C@H](Oc4ccc5nnc(C(F)(F)F)n5n4)C3(C)C)cc2)C(C)(C)C)cc1. The van der Waals surface area contributed by atoms with Crippen molar-refractivity contribution in [3.8, 4) is 22.1 Å². The first kappa shape index (κ1) is 51.2. The minimum Gasteiger partial charge on any atom is -0.494 e. The smallest absolute Gasteiger partial charge is 0.453 e. The number of amides is 4. The summed E-state index contributed by atoms with van der Waals surface area (Å²) in [5, 5.41) is 19.9. The van der Waals surface area contributed by atoms with Crippen molar-refractivity contribution in [2.45, 2.75) is 124 Å². The van der Waals surface area contributed by atoms with E-state index < -0.39 is 52.3 Å². The lowest BCUT2D eigenvalue weighted by molar-refractivity contribution is -0.166. The Bertz CT molecular complexity index is 2730. The molecular weight excluding hydrogens is 940 g/mol. The summed E-state index contributed by atoms with van der Waals surface area (Å²) in [7, 11) is 0. The summed E-state index contributed by atoms with van der Waals surface area (Å²) in [4.78, 5) is 61.7. The number of hydrogen-bond acceptors (Lipinski definition) is 12. The van der Waals surface area contributed by atoms with Gasteiger partial charge in [-0.1, -0.05) is 72.7 Å². The number of aromatic nitrogens is 5. The minimum atomic E-state index is -4.75. The Hall–Kier alpha value is -6.15. The van der Waals surface area contributed by atoms with Crippen molar-refractivity contribution in [1.29, 1.82) is 0 Å². The lowest BCUT2D eigenvalue weighted by Gasteiger charge is -2.62. The van der Waals surface area contributed by atoms with Crippen LogP contribution in [0.4, 0.5) is 13.2 Å². The van der Waals surface area contributed by atoms with Crippen LogP contribution in [0.1, 0.15) is 108 Å². The molecule has 1 saturated heterocycles. The average molecular weight is 1000 g/mol. The van der Waals surface area contributed by atoms with E-state index in [4.69, 9.17) is 14.2 Å². The molecule has 4 heterocycles. The molecular formula is C51H62F3N9O7S. The number of alkyl halides is 3. The zero-order valence-electron chi connectivity index (χ0n) is 41.3. The molecule has 8 rings (SSSR count). The maximum absolute atomic E-state index is 14.3. The van der Waals surface area contributed by atoms with E-state index in [1.165, 1.54) is 12.1 Å². The normalized spacial score (nSPS) is 20.3. The molecule has 0 unspecified atom stereocenters. The van der Waals surface area contributed by atoms with E-state index in [1.807, 2.05) is 85.2 Å². The topological polar surface area (TPSA) is 191 Å². The minimum absolute atomic E-state index is 0.0242. The van der Waals surface area contributed by atoms with Crippen molar-refractivity contribution >= 4 is 40.6 Å². The Morgan fingerprint density at radius 3 is 2.23 bits per heavy atom. The summed E-state index contributed by atoms with van der Waals surface area (Å²) < 4.78 is 58.7. The zero-order chi connectivity index (χ0) is 51.1. The van der Waals surface area contributed by atoms with Crippen LogP contribution in [-0.2, 0) is 31.8 Å². The van der Waals surface area contributed by atoms with Gasteiger partial charge >= 0.3 is 6.18 Å². The average Bonchev–Trinajstić information content (AvgIpc) is 3.57. The van der Waals surface area contributed by atoms with Crippen molar-refractivity contribution in [3.63, 3.8) is 0 Å². The predicted molar refractivity (Wildman–Crippen MR) is 258 cm³/mol. The van der Waals surface area contributed by atoms with Crippen LogP contribution in [0.15, 0.2) is 66.2 Å². The Morgan fingerprint density at radius 1 is 0.901 bits per heavy atom. The number of nitrogens with one attached hydrogen (secondary N) is 3. The van der Waals surface area contributed by atoms with Crippen molar-refractivity contribution < 1.29 is 46.6 Å². The fourth-order valence-corrected chi connectivity index (χ4v) is 11.1. The first-order valence-electron chi connectivity index (χ1n) is 23.9. The molecule has 2 atom stereocenters. The second-order valence-electron chi connectivity index (χ2n) is 21.4. The maximum Gasteiger partial charge on any atom is 0.453 e. The van der Waals surface area contributed by atoms with Gasteiger partial charge < -0.3 is 35.1 Å². The third-order valence-corrected chi connectivity index (χ3v) is 15.0. The van der Waals surface area contributed by atoms with Crippen LogP contribution in [0.25, 0.3) is 16.1 Å². The molecule has 0 radical (unpaired) electrons. The number of fused-ring (bicyclic) bond motifs is 1. The van der Waals surface area contributed by atoms with E-state index in [0.717, 1.165) is 34.5 Å². The fourth-order valence-electron chi connectivity index (χ4n) is 10.2. The molecule has 380 valence electrons. The molecule has 71 heavy (non-hydrogen) atoms. The Labute approximate surface area is 414 Å². The van der Waals surface area contributed by atoms with Gasteiger partial charge in [-0.2, -0.15) is 17.7 Å². The van der Waals surface area contributed by atoms with Gasteiger partial charge in [0.1, 0.15) is 30.5 Å². The van der Waals surface area contributed by atoms with Crippen LogP contribution in [0.2, 0.25) is 0 Å². The van der Waals surface area contributed by atoms with E-state index in [2.05, 4.69) is 36.2 Å². The number of halogens is 3. The number of ether oxygens (including phenoxy) is 3. The molecule has 2 aliphatic carbocycles. The highest BCUT2D eigenvalue weighted by atomic mass is 32.1. The van der Waals surface area contributed by atoms with Crippen LogP contribution < -0.4 is 25.4 Å². The molecule has 1 spiro atoms. The number of carbonyl (C=O) groups is 4. The fraction of sp³-hybridized carbons (Fsp3) is 0.529. The largest absolute Gasteiger partial charge is 0.494 e. The van der Waals surface area contributed by atoms with E-state index in [0.29, 0.717) is 61.4 Å². The van der Waals surface area contributed by atoms with Crippen LogP contribution in [0, 0.1) is 28.6 Å². The molecule has 2 saturated carbocycles. The first-order chi connectivity index (χ1) is 33.5. The van der Waals surface area contributed by atoms with E-state index in [1.54, 1.807) is 40.5 Å². The highest BCUT2D eigenvalue weighted by Crippen LogP contribution is 2.56. The van der Waals surface area contributed by atoms with Gasteiger partial charge in [-0.3, -0.25) is 19.2 Å². The molecule has 16 nitrogen and oxygen atoms in total. The molecule has 1 aliphatic heterocycles. The van der Waals surface area contributed by atoms with Crippen LogP contribution in [0.3, 0.4) is 0 Å². The van der Waals surface area contributed by atoms with Gasteiger partial charge in [0.25, 0.3) is 11.7 Å². The third-order valence-electron chi connectivity index (χ3n) is 14.0. The molecule has 3 N–H and O–H groups in total. The van der Waals surface area contributed by atoms with Gasteiger partial charge in [0, 0.05) is 48.2 Å². The molecule has 4 amide bonds. The van der Waals surface area contributed by atoms with Gasteiger partial charge in [0.2, 0.25) is 23.6 Å². The molecule has 3 fully saturated rings. The summed E-state index contributed by atoms with van der Waals surface area (Å²) in [6.45, 7) is 16.6. The lowest BCUT2D eigenvalue weighted by atomic mass is 9.49. The molecule has 3 aliphatic rings. The zero-order valence-corrected chi connectivity index (χ0v) is 42.1. The second kappa shape index (κ2) is 19.8. The van der Waals surface area contributed by atoms with Gasteiger partial charge in [-0.05, 0) is 91.3 Å². The standard InChI is InChI=1S/C51H62F3N9O7S/c1-30-39(71-29-56-30)32-13-11-31(12-14-32)26-55-42(66)35-25-50(21-22-50)28-62(35)43(67)40(47(2,3)4)57-37(64)27-68-23-9-10-24-69-34-17-15-33(16-18-34)41(65)58-44-48(5,6)45(49(44,7)8)70-38-20-19-36-59-60-46(51(52,53)54)63(36)61-38/h11-20,29,35,40,44-45H,9-10,21-28H2,1-8H3,(H,55,66)(H,57,64)(H,58,65)/t35-,40+,44-,45-/m0/s1. The Kier molecular flexibility index (Phi) is 14.3. The second-order valence-corrected chi connectivity index (χ2v) is 22.2. The third kappa shape index (κ3) is 11.2. The van der Waals surface area contributed by atoms with Crippen molar-refractivity contribution in [2.24, 2.45) is 21.7 Å². The number of unbranched alkanes of at least 4 members (excludes halogenated alkanes) is 1. The Balaban J connectivity index is 0.748. The van der Waals surface area contributed by atoms with E-state index in [9.17, 15) is 32.3 Å². The molecule has 2 aromatic carbocycles. The monoisotopic (exact) mass is 1000 g/mol. The number of benzene rings is 2. The quantitative estimate of drug-likeness (QED) is 0.0734. The first-order valence-corrected chi connectivity index (χ1v) is 24.8. The van der Waals surface area contributed by atoms with Crippen molar-refractivity contribution in [2.75, 3.05) is 26.4 Å². The van der Waals surface area contributed by atoms with Gasteiger partial charge in [-0.25, -0.2) is 4.98 Å². The number of nitrogens with zero attached hydrogens (tertiary/aromatic N) is 6. The highest BCUT2D eigenvalue weighted by molar-refractivity contribution is 7.13. The molecule has 20 heteroatoms. The van der Waals surface area contributed by atoms with Crippen molar-refractivity contribution in [3.05, 3.63) is 88.8 Å².